The first-order valence-corrected chi connectivity index (χ1v) is 6.02. The van der Waals surface area contributed by atoms with Crippen LogP contribution in [-0.4, -0.2) is 19.2 Å². The van der Waals surface area contributed by atoms with Gasteiger partial charge in [0.05, 0.1) is 6.61 Å². The molecular weight excluding hydrogens is 200 g/mol. The van der Waals surface area contributed by atoms with Crippen LogP contribution in [0.5, 0.6) is 5.75 Å². The van der Waals surface area contributed by atoms with Crippen molar-refractivity contribution in [3.63, 3.8) is 0 Å². The van der Waals surface area contributed by atoms with Crippen LogP contribution in [0.4, 0.5) is 0 Å². The molecule has 0 saturated heterocycles. The number of hydrogen-bond acceptors (Lipinski definition) is 3. The molecule has 0 radical (unpaired) electrons. The molecule has 1 aliphatic rings. The van der Waals surface area contributed by atoms with E-state index < -0.39 is 0 Å². The van der Waals surface area contributed by atoms with Crippen LogP contribution in [0.3, 0.4) is 0 Å². The molecule has 1 saturated carbocycles. The molecule has 1 aromatic rings. The molecule has 1 unspecified atom stereocenters. The summed E-state index contributed by atoms with van der Waals surface area (Å²) < 4.78 is 5.42. The summed E-state index contributed by atoms with van der Waals surface area (Å²) in [4.78, 5) is 0. The maximum Gasteiger partial charge on any atom is 0.119 e. The molecule has 0 spiro atoms. The normalized spacial score (nSPS) is 17.1. The molecule has 2 rings (SSSR count). The number of nitrogens with one attached hydrogen (secondary N) is 1. The molecule has 3 heteroatoms. The Morgan fingerprint density at radius 1 is 1.38 bits per heavy atom. The highest BCUT2D eigenvalue weighted by Crippen LogP contribution is 2.24. The van der Waals surface area contributed by atoms with Crippen LogP contribution < -0.4 is 15.8 Å². The number of benzene rings is 1. The van der Waals surface area contributed by atoms with Crippen molar-refractivity contribution in [3.8, 4) is 5.75 Å². The average molecular weight is 220 g/mol. The molecule has 3 N–H and O–H groups in total. The lowest BCUT2D eigenvalue weighted by Crippen LogP contribution is -2.29. The molecule has 3 nitrogen and oxygen atoms in total. The van der Waals surface area contributed by atoms with Gasteiger partial charge in [0.25, 0.3) is 0 Å². The van der Waals surface area contributed by atoms with E-state index in [2.05, 4.69) is 17.4 Å². The Labute approximate surface area is 97.0 Å². The third-order valence-corrected chi connectivity index (χ3v) is 2.84. The molecule has 88 valence electrons. The van der Waals surface area contributed by atoms with Crippen LogP contribution in [0.25, 0.3) is 0 Å². The second-order valence-electron chi connectivity index (χ2n) is 4.23. The molecule has 16 heavy (non-hydrogen) atoms. The van der Waals surface area contributed by atoms with Gasteiger partial charge < -0.3 is 15.8 Å². The first kappa shape index (κ1) is 11.4. The number of hydrogen-bond donors (Lipinski definition) is 2. The van der Waals surface area contributed by atoms with Gasteiger partial charge in [-0.1, -0.05) is 12.1 Å². The smallest absolute Gasteiger partial charge is 0.119 e. The Hall–Kier alpha value is -1.06. The minimum Gasteiger partial charge on any atom is -0.494 e. The fourth-order valence-corrected chi connectivity index (χ4v) is 1.80. The molecule has 0 bridgehead atoms. The Morgan fingerprint density at radius 3 is 2.56 bits per heavy atom. The zero-order valence-corrected chi connectivity index (χ0v) is 9.78. The summed E-state index contributed by atoms with van der Waals surface area (Å²) in [6.07, 6.45) is 2.57. The molecule has 1 aromatic carbocycles. The predicted octanol–water partition coefficient (Wildman–Crippen LogP) is 1.84. The summed E-state index contributed by atoms with van der Waals surface area (Å²) in [5, 5.41) is 3.54. The van der Waals surface area contributed by atoms with Crippen molar-refractivity contribution in [2.75, 3.05) is 13.2 Å². The highest BCUT2D eigenvalue weighted by Gasteiger charge is 2.24. The van der Waals surface area contributed by atoms with Crippen LogP contribution in [-0.2, 0) is 0 Å². The first-order valence-electron chi connectivity index (χ1n) is 6.02. The van der Waals surface area contributed by atoms with Crippen molar-refractivity contribution in [3.05, 3.63) is 29.8 Å². The van der Waals surface area contributed by atoms with E-state index >= 15 is 0 Å². The maximum absolute atomic E-state index is 5.78. The van der Waals surface area contributed by atoms with Crippen LogP contribution in [0.1, 0.15) is 31.4 Å². The van der Waals surface area contributed by atoms with Crippen LogP contribution in [0.2, 0.25) is 0 Å². The fraction of sp³-hybridized carbons (Fsp3) is 0.538. The van der Waals surface area contributed by atoms with Gasteiger partial charge in [-0.3, -0.25) is 0 Å². The average Bonchev–Trinajstić information content (AvgIpc) is 3.11. The van der Waals surface area contributed by atoms with Crippen LogP contribution >= 0.6 is 0 Å². The predicted molar refractivity (Wildman–Crippen MR) is 65.6 cm³/mol. The van der Waals surface area contributed by atoms with Gasteiger partial charge in [0.2, 0.25) is 0 Å². The Morgan fingerprint density at radius 2 is 2.06 bits per heavy atom. The van der Waals surface area contributed by atoms with E-state index in [0.717, 1.165) is 5.75 Å². The topological polar surface area (TPSA) is 47.3 Å². The summed E-state index contributed by atoms with van der Waals surface area (Å²) in [7, 11) is 0. The summed E-state index contributed by atoms with van der Waals surface area (Å²) in [6, 6.07) is 9.17. The van der Waals surface area contributed by atoms with E-state index in [4.69, 9.17) is 10.5 Å². The molecule has 0 aliphatic heterocycles. The Kier molecular flexibility index (Phi) is 3.80. The van der Waals surface area contributed by atoms with E-state index in [0.29, 0.717) is 19.2 Å². The Balaban J connectivity index is 1.99. The van der Waals surface area contributed by atoms with Gasteiger partial charge in [0.15, 0.2) is 0 Å². The Bertz CT molecular complexity index is 319. The molecule has 1 aliphatic carbocycles. The molecule has 0 amide bonds. The molecular formula is C13H20N2O. The minimum absolute atomic E-state index is 0.281. The number of rotatable bonds is 6. The lowest BCUT2D eigenvalue weighted by Gasteiger charge is -2.17. The second kappa shape index (κ2) is 5.32. The van der Waals surface area contributed by atoms with Gasteiger partial charge in [0, 0.05) is 18.6 Å². The van der Waals surface area contributed by atoms with Crippen molar-refractivity contribution in [2.45, 2.75) is 31.8 Å². The highest BCUT2D eigenvalue weighted by atomic mass is 16.5. The quantitative estimate of drug-likeness (QED) is 0.769. The van der Waals surface area contributed by atoms with Crippen molar-refractivity contribution in [1.29, 1.82) is 0 Å². The van der Waals surface area contributed by atoms with Gasteiger partial charge in [-0.05, 0) is 37.5 Å². The molecule has 1 atom stereocenters. The van der Waals surface area contributed by atoms with Crippen molar-refractivity contribution >= 4 is 0 Å². The summed E-state index contributed by atoms with van der Waals surface area (Å²) in [5.41, 5.74) is 7.03. The largest absolute Gasteiger partial charge is 0.494 e. The maximum atomic E-state index is 5.78. The monoisotopic (exact) mass is 220 g/mol. The zero-order chi connectivity index (χ0) is 11.4. The lowest BCUT2D eigenvalue weighted by molar-refractivity contribution is 0.340. The van der Waals surface area contributed by atoms with E-state index in [-0.39, 0.29) is 6.04 Å². The van der Waals surface area contributed by atoms with Gasteiger partial charge in [-0.15, -0.1) is 0 Å². The van der Waals surface area contributed by atoms with E-state index in [1.807, 2.05) is 19.1 Å². The second-order valence-corrected chi connectivity index (χ2v) is 4.23. The van der Waals surface area contributed by atoms with Gasteiger partial charge in [0.1, 0.15) is 5.75 Å². The minimum atomic E-state index is 0.281. The zero-order valence-electron chi connectivity index (χ0n) is 9.78. The summed E-state index contributed by atoms with van der Waals surface area (Å²) in [5.74, 6) is 0.924. The van der Waals surface area contributed by atoms with Crippen LogP contribution in [0, 0.1) is 0 Å². The highest BCUT2D eigenvalue weighted by molar-refractivity contribution is 5.29. The molecule has 1 fully saturated rings. The standard InChI is InChI=1S/C13H20N2O/c1-2-16-12-7-3-10(4-8-12)13(9-14)15-11-5-6-11/h3-4,7-8,11,13,15H,2,5-6,9,14H2,1H3. The van der Waals surface area contributed by atoms with Gasteiger partial charge in [-0.25, -0.2) is 0 Å². The molecule has 0 heterocycles. The van der Waals surface area contributed by atoms with Crippen molar-refractivity contribution < 1.29 is 4.74 Å². The van der Waals surface area contributed by atoms with Crippen molar-refractivity contribution in [2.24, 2.45) is 5.73 Å². The number of nitrogens with two attached hydrogens (primary N) is 1. The SMILES string of the molecule is CCOc1ccc(C(CN)NC2CC2)cc1. The number of ether oxygens (including phenoxy) is 1. The van der Waals surface area contributed by atoms with Crippen molar-refractivity contribution in [1.82, 2.24) is 5.32 Å². The lowest BCUT2D eigenvalue weighted by atomic mass is 10.1. The van der Waals surface area contributed by atoms with E-state index in [9.17, 15) is 0 Å². The van der Waals surface area contributed by atoms with Crippen LogP contribution in [0.15, 0.2) is 24.3 Å². The summed E-state index contributed by atoms with van der Waals surface area (Å²) in [6.45, 7) is 3.34. The van der Waals surface area contributed by atoms with E-state index in [1.165, 1.54) is 18.4 Å². The third kappa shape index (κ3) is 2.97. The van der Waals surface area contributed by atoms with Gasteiger partial charge >= 0.3 is 0 Å². The van der Waals surface area contributed by atoms with E-state index in [1.54, 1.807) is 0 Å². The molecule has 0 aromatic heterocycles. The third-order valence-electron chi connectivity index (χ3n) is 2.84. The summed E-state index contributed by atoms with van der Waals surface area (Å²) >= 11 is 0. The van der Waals surface area contributed by atoms with Gasteiger partial charge in [-0.2, -0.15) is 0 Å². The first-order chi connectivity index (χ1) is 7.83. The fourth-order valence-electron chi connectivity index (χ4n) is 1.80.